The Bertz CT molecular complexity index is 345. The molecule has 4 nitrogen and oxygen atoms in total. The van der Waals surface area contributed by atoms with Gasteiger partial charge in [0.15, 0.2) is 0 Å². The van der Waals surface area contributed by atoms with Crippen LogP contribution in [0.2, 0.25) is 0 Å². The lowest BCUT2D eigenvalue weighted by Gasteiger charge is -2.10. The second kappa shape index (κ2) is 9.18. The standard InChI is InChI=1S/C10H13BrO3.C4H8O/c1-12-6-7-4-8(13-2)10(11)9(5-7)14-3;1-2-4-5-3-1/h4-5H,6H2,1-3H3;1-4H2. The van der Waals surface area contributed by atoms with Crippen molar-refractivity contribution >= 4 is 15.9 Å². The summed E-state index contributed by atoms with van der Waals surface area (Å²) in [6, 6.07) is 3.83. The molecule has 0 atom stereocenters. The number of halogens is 1. The van der Waals surface area contributed by atoms with Crippen LogP contribution < -0.4 is 9.47 Å². The van der Waals surface area contributed by atoms with Crippen molar-refractivity contribution in [3.05, 3.63) is 22.2 Å². The van der Waals surface area contributed by atoms with Crippen LogP contribution in [0, 0.1) is 0 Å². The zero-order valence-corrected chi connectivity index (χ0v) is 13.3. The molecular formula is C14H21BrO4. The lowest BCUT2D eigenvalue weighted by atomic mass is 10.2. The van der Waals surface area contributed by atoms with Crippen molar-refractivity contribution in [3.63, 3.8) is 0 Å². The molecule has 1 aliphatic rings. The summed E-state index contributed by atoms with van der Waals surface area (Å²) in [5.74, 6) is 1.49. The highest BCUT2D eigenvalue weighted by atomic mass is 79.9. The summed E-state index contributed by atoms with van der Waals surface area (Å²) < 4.78 is 21.2. The molecule has 5 heteroatoms. The van der Waals surface area contributed by atoms with Crippen LogP contribution in [-0.2, 0) is 16.1 Å². The van der Waals surface area contributed by atoms with Crippen LogP contribution in [-0.4, -0.2) is 34.5 Å². The van der Waals surface area contributed by atoms with Crippen LogP contribution in [0.3, 0.4) is 0 Å². The summed E-state index contributed by atoms with van der Waals surface area (Å²) in [7, 11) is 4.90. The van der Waals surface area contributed by atoms with Gasteiger partial charge in [-0.2, -0.15) is 0 Å². The average molecular weight is 333 g/mol. The molecule has 108 valence electrons. The molecule has 1 aromatic rings. The minimum Gasteiger partial charge on any atom is -0.495 e. The summed E-state index contributed by atoms with van der Waals surface area (Å²) in [4.78, 5) is 0. The summed E-state index contributed by atoms with van der Waals surface area (Å²) in [5.41, 5.74) is 1.02. The van der Waals surface area contributed by atoms with Gasteiger partial charge in [-0.05, 0) is 46.5 Å². The van der Waals surface area contributed by atoms with Gasteiger partial charge in [-0.3, -0.25) is 0 Å². The van der Waals surface area contributed by atoms with E-state index in [9.17, 15) is 0 Å². The SMILES string of the molecule is C1CCOC1.COCc1cc(OC)c(Br)c(OC)c1. The predicted molar refractivity (Wildman–Crippen MR) is 78.0 cm³/mol. The molecule has 19 heavy (non-hydrogen) atoms. The number of hydrogen-bond acceptors (Lipinski definition) is 4. The van der Waals surface area contributed by atoms with Crippen molar-refractivity contribution in [2.75, 3.05) is 34.5 Å². The molecule has 0 aliphatic carbocycles. The number of hydrogen-bond donors (Lipinski definition) is 0. The van der Waals surface area contributed by atoms with Crippen LogP contribution in [0.1, 0.15) is 18.4 Å². The summed E-state index contributed by atoms with van der Waals surface area (Å²) in [6.45, 7) is 2.54. The first kappa shape index (κ1) is 16.3. The van der Waals surface area contributed by atoms with Crippen LogP contribution in [0.5, 0.6) is 11.5 Å². The molecule has 2 rings (SSSR count). The van der Waals surface area contributed by atoms with Crippen LogP contribution in [0.25, 0.3) is 0 Å². The van der Waals surface area contributed by atoms with Crippen molar-refractivity contribution in [3.8, 4) is 11.5 Å². The Hall–Kier alpha value is -0.780. The highest BCUT2D eigenvalue weighted by Gasteiger charge is 2.09. The quantitative estimate of drug-likeness (QED) is 0.846. The van der Waals surface area contributed by atoms with E-state index in [1.165, 1.54) is 12.8 Å². The Morgan fingerprint density at radius 3 is 1.89 bits per heavy atom. The van der Waals surface area contributed by atoms with Gasteiger partial charge in [-0.1, -0.05) is 0 Å². The Morgan fingerprint density at radius 1 is 1.05 bits per heavy atom. The highest BCUT2D eigenvalue weighted by Crippen LogP contribution is 2.35. The molecule has 0 amide bonds. The van der Waals surface area contributed by atoms with E-state index < -0.39 is 0 Å². The van der Waals surface area contributed by atoms with Gasteiger partial charge in [0.2, 0.25) is 0 Å². The van der Waals surface area contributed by atoms with Gasteiger partial charge in [0.25, 0.3) is 0 Å². The van der Waals surface area contributed by atoms with E-state index in [2.05, 4.69) is 15.9 Å². The molecule has 1 heterocycles. The fraction of sp³-hybridized carbons (Fsp3) is 0.571. The number of rotatable bonds is 4. The first-order chi connectivity index (χ1) is 9.22. The van der Waals surface area contributed by atoms with Crippen molar-refractivity contribution in [1.82, 2.24) is 0 Å². The third-order valence-electron chi connectivity index (χ3n) is 2.64. The van der Waals surface area contributed by atoms with Crippen molar-refractivity contribution in [2.24, 2.45) is 0 Å². The number of methoxy groups -OCH3 is 3. The Labute approximate surface area is 123 Å². The first-order valence-electron chi connectivity index (χ1n) is 6.20. The van der Waals surface area contributed by atoms with Crippen LogP contribution >= 0.6 is 15.9 Å². The molecule has 0 unspecified atom stereocenters. The Morgan fingerprint density at radius 2 is 1.58 bits per heavy atom. The molecule has 0 bridgehead atoms. The maximum atomic E-state index is 5.19. The second-order valence-electron chi connectivity index (χ2n) is 4.07. The van der Waals surface area contributed by atoms with E-state index in [0.29, 0.717) is 6.61 Å². The largest absolute Gasteiger partial charge is 0.495 e. The molecule has 0 spiro atoms. The highest BCUT2D eigenvalue weighted by molar-refractivity contribution is 9.10. The summed E-state index contributed by atoms with van der Waals surface area (Å²) in [5, 5.41) is 0. The Kier molecular flexibility index (Phi) is 7.86. The zero-order chi connectivity index (χ0) is 14.1. The van der Waals surface area contributed by atoms with Gasteiger partial charge in [0.1, 0.15) is 16.0 Å². The van der Waals surface area contributed by atoms with E-state index in [1.54, 1.807) is 21.3 Å². The van der Waals surface area contributed by atoms with Gasteiger partial charge >= 0.3 is 0 Å². The van der Waals surface area contributed by atoms with Crippen molar-refractivity contribution in [2.45, 2.75) is 19.4 Å². The van der Waals surface area contributed by atoms with E-state index in [-0.39, 0.29) is 0 Å². The summed E-state index contributed by atoms with van der Waals surface area (Å²) in [6.07, 6.45) is 2.56. The smallest absolute Gasteiger partial charge is 0.137 e. The predicted octanol–water partition coefficient (Wildman–Crippen LogP) is 3.41. The fourth-order valence-electron chi connectivity index (χ4n) is 1.68. The normalized spacial score (nSPS) is 13.7. The Balaban J connectivity index is 0.000000300. The van der Waals surface area contributed by atoms with E-state index >= 15 is 0 Å². The molecular weight excluding hydrogens is 312 g/mol. The fourth-order valence-corrected chi connectivity index (χ4v) is 2.24. The van der Waals surface area contributed by atoms with Crippen LogP contribution in [0.15, 0.2) is 16.6 Å². The first-order valence-corrected chi connectivity index (χ1v) is 6.99. The summed E-state index contributed by atoms with van der Waals surface area (Å²) >= 11 is 3.40. The third-order valence-corrected chi connectivity index (χ3v) is 3.43. The maximum absolute atomic E-state index is 5.19. The number of benzene rings is 1. The van der Waals surface area contributed by atoms with Crippen molar-refractivity contribution in [1.29, 1.82) is 0 Å². The molecule has 1 fully saturated rings. The monoisotopic (exact) mass is 332 g/mol. The minimum atomic E-state index is 0.542. The molecule has 0 radical (unpaired) electrons. The maximum Gasteiger partial charge on any atom is 0.137 e. The van der Waals surface area contributed by atoms with Gasteiger partial charge in [-0.25, -0.2) is 0 Å². The zero-order valence-electron chi connectivity index (χ0n) is 11.7. The van der Waals surface area contributed by atoms with Gasteiger partial charge in [0.05, 0.1) is 20.8 Å². The topological polar surface area (TPSA) is 36.9 Å². The van der Waals surface area contributed by atoms with Gasteiger partial charge in [-0.15, -0.1) is 0 Å². The van der Waals surface area contributed by atoms with E-state index in [1.807, 2.05) is 12.1 Å². The lowest BCUT2D eigenvalue weighted by molar-refractivity contribution is 0.184. The van der Waals surface area contributed by atoms with Gasteiger partial charge < -0.3 is 18.9 Å². The van der Waals surface area contributed by atoms with Gasteiger partial charge in [0, 0.05) is 20.3 Å². The molecule has 0 N–H and O–H groups in total. The molecule has 1 aromatic carbocycles. The van der Waals surface area contributed by atoms with Crippen LogP contribution in [0.4, 0.5) is 0 Å². The minimum absolute atomic E-state index is 0.542. The molecule has 1 aliphatic heterocycles. The molecule has 1 saturated heterocycles. The average Bonchev–Trinajstić information content (AvgIpc) is 3.00. The molecule has 0 aromatic heterocycles. The third kappa shape index (κ3) is 5.38. The number of ether oxygens (including phenoxy) is 4. The van der Waals surface area contributed by atoms with Crippen molar-refractivity contribution < 1.29 is 18.9 Å². The molecule has 0 saturated carbocycles. The second-order valence-corrected chi connectivity index (χ2v) is 4.86. The van der Waals surface area contributed by atoms with E-state index in [0.717, 1.165) is 34.7 Å². The lowest BCUT2D eigenvalue weighted by Crippen LogP contribution is -1.94. The van der Waals surface area contributed by atoms with E-state index in [4.69, 9.17) is 18.9 Å².